The fourth-order valence-electron chi connectivity index (χ4n) is 2.91. The van der Waals surface area contributed by atoms with E-state index in [9.17, 15) is 22.0 Å². The Balaban J connectivity index is 2.00. The van der Waals surface area contributed by atoms with Gasteiger partial charge in [-0.3, -0.25) is 0 Å². The second-order valence-corrected chi connectivity index (χ2v) is 7.67. The summed E-state index contributed by atoms with van der Waals surface area (Å²) < 4.78 is 73.8. The number of ether oxygens (including phenoxy) is 1. The Hall–Kier alpha value is -3.54. The summed E-state index contributed by atoms with van der Waals surface area (Å²) in [6.45, 7) is 2.88. The molecule has 0 unspecified atom stereocenters. The summed E-state index contributed by atoms with van der Waals surface area (Å²) >= 11 is 0. The first-order chi connectivity index (χ1) is 16.1. The summed E-state index contributed by atoms with van der Waals surface area (Å²) in [5, 5.41) is 2.93. The highest BCUT2D eigenvalue weighted by Gasteiger charge is 2.28. The average Bonchev–Trinajstić information content (AvgIpc) is 2.83. The molecule has 1 N–H and O–H groups in total. The van der Waals surface area contributed by atoms with Crippen LogP contribution in [0, 0.1) is 29.1 Å². The molecule has 0 aliphatic carbocycles. The number of halogens is 5. The number of aromatic nitrogens is 3. The van der Waals surface area contributed by atoms with Gasteiger partial charge in [0.05, 0.1) is 6.04 Å². The van der Waals surface area contributed by atoms with Gasteiger partial charge in [-0.15, -0.1) is 0 Å². The van der Waals surface area contributed by atoms with Crippen LogP contribution in [0.3, 0.4) is 0 Å². The van der Waals surface area contributed by atoms with Crippen LogP contribution in [0.25, 0.3) is 0 Å². The summed E-state index contributed by atoms with van der Waals surface area (Å²) in [6.07, 6.45) is 0. The molecule has 0 radical (unpaired) electrons. The molecule has 7 nitrogen and oxygen atoms in total. The number of nitrogens with one attached hydrogen (secondary N) is 1. The van der Waals surface area contributed by atoms with Gasteiger partial charge in [-0.1, -0.05) is 30.3 Å². The van der Waals surface area contributed by atoms with Crippen molar-refractivity contribution in [2.75, 3.05) is 44.4 Å². The van der Waals surface area contributed by atoms with E-state index in [4.69, 9.17) is 4.74 Å². The van der Waals surface area contributed by atoms with E-state index in [0.29, 0.717) is 13.1 Å². The minimum Gasteiger partial charge on any atom is -0.418 e. The SMILES string of the molecule is C[C@@H](c1ccccc1)N(C)c1nc(NCCN(C)C)nc(Oc2c(F)c(F)c(F)c(F)c2F)n1. The number of anilines is 2. The quantitative estimate of drug-likeness (QED) is 0.273. The maximum Gasteiger partial charge on any atom is 0.328 e. The van der Waals surface area contributed by atoms with E-state index in [1.807, 2.05) is 56.3 Å². The third kappa shape index (κ3) is 5.50. The number of likely N-dealkylation sites (N-methyl/N-ethyl adjacent to an activating group) is 1. The van der Waals surface area contributed by atoms with Crippen LogP contribution in [-0.4, -0.2) is 54.1 Å². The van der Waals surface area contributed by atoms with Gasteiger partial charge < -0.3 is 19.9 Å². The smallest absolute Gasteiger partial charge is 0.328 e. The predicted molar refractivity (Wildman–Crippen MR) is 116 cm³/mol. The van der Waals surface area contributed by atoms with Gasteiger partial charge in [-0.05, 0) is 26.6 Å². The molecule has 182 valence electrons. The number of nitrogens with zero attached hydrogens (tertiary/aromatic N) is 5. The average molecular weight is 482 g/mol. The van der Waals surface area contributed by atoms with Crippen molar-refractivity contribution in [3.8, 4) is 11.8 Å². The van der Waals surface area contributed by atoms with Gasteiger partial charge in [0.1, 0.15) is 0 Å². The van der Waals surface area contributed by atoms with Crippen LogP contribution in [0.2, 0.25) is 0 Å². The third-order valence-electron chi connectivity index (χ3n) is 4.99. The van der Waals surface area contributed by atoms with E-state index in [-0.39, 0.29) is 17.9 Å². The first kappa shape index (κ1) is 25.1. The lowest BCUT2D eigenvalue weighted by Gasteiger charge is -2.25. The number of hydrogen-bond donors (Lipinski definition) is 1. The molecular formula is C22H23F5N6O. The second kappa shape index (κ2) is 10.6. The molecule has 0 amide bonds. The highest BCUT2D eigenvalue weighted by Crippen LogP contribution is 2.32. The Kier molecular flexibility index (Phi) is 7.82. The summed E-state index contributed by atoms with van der Waals surface area (Å²) in [6, 6.07) is 8.49. The monoisotopic (exact) mass is 482 g/mol. The van der Waals surface area contributed by atoms with Crippen molar-refractivity contribution in [1.82, 2.24) is 19.9 Å². The maximum atomic E-state index is 14.1. The minimum atomic E-state index is -2.29. The molecular weight excluding hydrogens is 459 g/mol. The van der Waals surface area contributed by atoms with Gasteiger partial charge in [-0.25, -0.2) is 13.2 Å². The van der Waals surface area contributed by atoms with Crippen molar-refractivity contribution in [2.45, 2.75) is 13.0 Å². The van der Waals surface area contributed by atoms with E-state index >= 15 is 0 Å². The molecule has 0 bridgehead atoms. The standard InChI is InChI=1S/C22H23F5N6O/c1-12(13-8-6-5-7-9-13)33(4)21-29-20(28-10-11-32(2)3)30-22(31-21)34-19-17(26)15(24)14(23)16(25)18(19)27/h5-9,12H,10-11H2,1-4H3,(H,28,29,30,31)/t12-/m0/s1. The van der Waals surface area contributed by atoms with Gasteiger partial charge in [0, 0.05) is 20.1 Å². The van der Waals surface area contributed by atoms with Crippen LogP contribution in [0.4, 0.5) is 33.8 Å². The topological polar surface area (TPSA) is 66.4 Å². The molecule has 2 aromatic carbocycles. The van der Waals surface area contributed by atoms with Crippen molar-refractivity contribution in [2.24, 2.45) is 0 Å². The van der Waals surface area contributed by atoms with E-state index in [2.05, 4.69) is 20.3 Å². The number of benzene rings is 2. The molecule has 3 rings (SSSR count). The van der Waals surface area contributed by atoms with Crippen LogP contribution in [0.15, 0.2) is 30.3 Å². The van der Waals surface area contributed by atoms with E-state index in [1.165, 1.54) is 0 Å². The van der Waals surface area contributed by atoms with E-state index in [1.54, 1.807) is 11.9 Å². The van der Waals surface area contributed by atoms with Crippen LogP contribution in [-0.2, 0) is 0 Å². The molecule has 3 aromatic rings. The zero-order valence-corrected chi connectivity index (χ0v) is 18.9. The third-order valence-corrected chi connectivity index (χ3v) is 4.99. The Morgan fingerprint density at radius 2 is 1.44 bits per heavy atom. The molecule has 1 aromatic heterocycles. The number of rotatable bonds is 9. The first-order valence-corrected chi connectivity index (χ1v) is 10.2. The van der Waals surface area contributed by atoms with Gasteiger partial charge in [-0.2, -0.15) is 23.7 Å². The van der Waals surface area contributed by atoms with Crippen LogP contribution in [0.1, 0.15) is 18.5 Å². The van der Waals surface area contributed by atoms with Gasteiger partial charge in [0.25, 0.3) is 0 Å². The van der Waals surface area contributed by atoms with E-state index in [0.717, 1.165) is 5.56 Å². The Morgan fingerprint density at radius 3 is 2.03 bits per heavy atom. The first-order valence-electron chi connectivity index (χ1n) is 10.2. The molecule has 12 heteroatoms. The highest BCUT2D eigenvalue weighted by atomic mass is 19.2. The molecule has 0 fully saturated rings. The lowest BCUT2D eigenvalue weighted by Crippen LogP contribution is -2.25. The lowest BCUT2D eigenvalue weighted by atomic mass is 10.1. The molecule has 0 saturated heterocycles. The molecule has 1 atom stereocenters. The summed E-state index contributed by atoms with van der Waals surface area (Å²) in [7, 11) is 5.39. The Labute approximate surface area is 193 Å². The summed E-state index contributed by atoms with van der Waals surface area (Å²) in [5.74, 6) is -12.3. The van der Waals surface area contributed by atoms with Crippen molar-refractivity contribution in [3.63, 3.8) is 0 Å². The van der Waals surface area contributed by atoms with E-state index < -0.39 is 40.8 Å². The fourth-order valence-corrected chi connectivity index (χ4v) is 2.91. The zero-order chi connectivity index (χ0) is 25.0. The highest BCUT2D eigenvalue weighted by molar-refractivity contribution is 5.42. The van der Waals surface area contributed by atoms with Crippen LogP contribution in [0.5, 0.6) is 11.8 Å². The lowest BCUT2D eigenvalue weighted by molar-refractivity contribution is 0.322. The van der Waals surface area contributed by atoms with Gasteiger partial charge in [0.2, 0.25) is 46.7 Å². The summed E-state index contributed by atoms with van der Waals surface area (Å²) in [5.41, 5.74) is 0.926. The normalized spacial score (nSPS) is 12.1. The van der Waals surface area contributed by atoms with Crippen LogP contribution < -0.4 is 15.0 Å². The van der Waals surface area contributed by atoms with Crippen molar-refractivity contribution < 1.29 is 26.7 Å². The Bertz CT molecular complexity index is 1120. The van der Waals surface area contributed by atoms with Crippen LogP contribution >= 0.6 is 0 Å². The molecule has 0 aliphatic rings. The number of hydrogen-bond acceptors (Lipinski definition) is 7. The van der Waals surface area contributed by atoms with Crippen molar-refractivity contribution in [1.29, 1.82) is 0 Å². The van der Waals surface area contributed by atoms with Gasteiger partial charge >= 0.3 is 6.01 Å². The zero-order valence-electron chi connectivity index (χ0n) is 18.9. The fraction of sp³-hybridized carbons (Fsp3) is 0.318. The predicted octanol–water partition coefficient (Wildman–Crippen LogP) is 4.53. The minimum absolute atomic E-state index is 0.00201. The largest absolute Gasteiger partial charge is 0.418 e. The molecule has 0 saturated carbocycles. The molecule has 0 aliphatic heterocycles. The molecule has 34 heavy (non-hydrogen) atoms. The Morgan fingerprint density at radius 1 is 0.853 bits per heavy atom. The second-order valence-electron chi connectivity index (χ2n) is 7.67. The molecule has 0 spiro atoms. The summed E-state index contributed by atoms with van der Waals surface area (Å²) in [4.78, 5) is 15.8. The van der Waals surface area contributed by atoms with Crippen molar-refractivity contribution >= 4 is 11.9 Å². The van der Waals surface area contributed by atoms with Gasteiger partial charge in [0.15, 0.2) is 0 Å². The molecule has 1 heterocycles. The maximum absolute atomic E-state index is 14.1. The van der Waals surface area contributed by atoms with Crippen molar-refractivity contribution in [3.05, 3.63) is 65.0 Å².